The molecule has 45 heavy (non-hydrogen) atoms. The van der Waals surface area contributed by atoms with Crippen molar-refractivity contribution >= 4 is 38.8 Å². The topological polar surface area (TPSA) is 51.8 Å². The van der Waals surface area contributed by atoms with Crippen LogP contribution in [-0.4, -0.2) is 15.0 Å². The molecule has 1 aliphatic rings. The van der Waals surface area contributed by atoms with E-state index in [-0.39, 0.29) is 0 Å². The molecule has 4 heteroatoms. The van der Waals surface area contributed by atoms with Crippen molar-refractivity contribution in [3.8, 4) is 45.3 Å². The van der Waals surface area contributed by atoms with E-state index in [0.717, 1.165) is 56.9 Å². The summed E-state index contributed by atoms with van der Waals surface area (Å²) in [5.74, 6) is 1.89. The second-order valence-electron chi connectivity index (χ2n) is 11.6. The van der Waals surface area contributed by atoms with Crippen LogP contribution in [0.25, 0.3) is 84.1 Å². The van der Waals surface area contributed by atoms with Crippen LogP contribution in [0.1, 0.15) is 17.5 Å². The SMILES string of the molecule is C1=Cc2cc(-c3ccc4ccc(-c5nc(-c6ccccc6)nc(-c6cccc7oc8ccccc8c67)n5)cc4c3)ccc2CC1. The summed E-state index contributed by atoms with van der Waals surface area (Å²) in [4.78, 5) is 15.1. The Hall–Kier alpha value is -5.87. The first-order valence-electron chi connectivity index (χ1n) is 15.3. The van der Waals surface area contributed by atoms with Gasteiger partial charge in [0.15, 0.2) is 17.5 Å². The Balaban J connectivity index is 1.21. The van der Waals surface area contributed by atoms with E-state index in [0.29, 0.717) is 17.5 Å². The molecule has 0 fully saturated rings. The third kappa shape index (κ3) is 4.50. The Bertz CT molecular complexity index is 2440. The van der Waals surface area contributed by atoms with Crippen LogP contribution in [0.5, 0.6) is 0 Å². The zero-order chi connectivity index (χ0) is 29.7. The first-order chi connectivity index (χ1) is 22.3. The van der Waals surface area contributed by atoms with Crippen LogP contribution in [0, 0.1) is 0 Å². The number of nitrogens with zero attached hydrogens (tertiary/aromatic N) is 3. The molecule has 9 rings (SSSR count). The number of aryl methyl sites for hydroxylation is 1. The number of furan rings is 1. The Labute approximate surface area is 260 Å². The van der Waals surface area contributed by atoms with Gasteiger partial charge in [0.05, 0.1) is 0 Å². The van der Waals surface area contributed by atoms with Gasteiger partial charge < -0.3 is 4.42 Å². The summed E-state index contributed by atoms with van der Waals surface area (Å²) in [5.41, 5.74) is 9.62. The molecule has 6 aromatic carbocycles. The minimum Gasteiger partial charge on any atom is -0.456 e. The fraction of sp³-hybridized carbons (Fsp3) is 0.0488. The van der Waals surface area contributed by atoms with Gasteiger partial charge in [0.2, 0.25) is 0 Å². The number of aromatic nitrogens is 3. The molecule has 1 aliphatic carbocycles. The minimum atomic E-state index is 0.618. The molecule has 0 aliphatic heterocycles. The molecule has 8 aromatic rings. The number of hydrogen-bond acceptors (Lipinski definition) is 4. The van der Waals surface area contributed by atoms with E-state index in [1.807, 2.05) is 60.7 Å². The maximum Gasteiger partial charge on any atom is 0.164 e. The van der Waals surface area contributed by atoms with Crippen molar-refractivity contribution in [1.82, 2.24) is 15.0 Å². The Morgan fingerprint density at radius 3 is 2.13 bits per heavy atom. The fourth-order valence-electron chi connectivity index (χ4n) is 6.47. The van der Waals surface area contributed by atoms with Gasteiger partial charge in [-0.2, -0.15) is 0 Å². The normalized spacial score (nSPS) is 12.6. The molecule has 2 aromatic heterocycles. The summed E-state index contributed by atoms with van der Waals surface area (Å²) in [6.07, 6.45) is 6.74. The molecule has 0 N–H and O–H groups in total. The molecule has 0 saturated heterocycles. The van der Waals surface area contributed by atoms with Gasteiger partial charge in [0, 0.05) is 27.5 Å². The van der Waals surface area contributed by atoms with Gasteiger partial charge in [-0.15, -0.1) is 0 Å². The standard InChI is InChI=1S/C41H27N3O/c1-2-10-28(11-3-1)39-42-40(44-41(43-39)35-14-8-16-37-38(35)34-13-6-7-15-36(34)45-37)32-22-19-27-18-21-31(24-33(27)25-32)30-20-17-26-9-4-5-12-29(26)23-30/h1-3,5-8,10-25H,4,9H2. The number of fused-ring (bicyclic) bond motifs is 5. The van der Waals surface area contributed by atoms with E-state index in [1.54, 1.807) is 0 Å². The molecule has 0 bridgehead atoms. The maximum absolute atomic E-state index is 6.20. The van der Waals surface area contributed by atoms with Gasteiger partial charge in [0.25, 0.3) is 0 Å². The summed E-state index contributed by atoms with van der Waals surface area (Å²) in [6.45, 7) is 0. The highest BCUT2D eigenvalue weighted by atomic mass is 16.3. The summed E-state index contributed by atoms with van der Waals surface area (Å²) in [5, 5.41) is 4.37. The van der Waals surface area contributed by atoms with Crippen molar-refractivity contribution in [2.45, 2.75) is 12.8 Å². The van der Waals surface area contributed by atoms with Gasteiger partial charge in [-0.3, -0.25) is 0 Å². The van der Waals surface area contributed by atoms with Gasteiger partial charge in [-0.05, 0) is 76.2 Å². The van der Waals surface area contributed by atoms with Gasteiger partial charge in [-0.25, -0.2) is 15.0 Å². The molecule has 212 valence electrons. The van der Waals surface area contributed by atoms with E-state index in [9.17, 15) is 0 Å². The zero-order valence-electron chi connectivity index (χ0n) is 24.4. The first-order valence-corrected chi connectivity index (χ1v) is 15.3. The lowest BCUT2D eigenvalue weighted by atomic mass is 9.92. The largest absolute Gasteiger partial charge is 0.456 e. The van der Waals surface area contributed by atoms with E-state index < -0.39 is 0 Å². The highest BCUT2D eigenvalue weighted by molar-refractivity contribution is 6.11. The predicted octanol–water partition coefficient (Wildman–Crippen LogP) is 10.6. The third-order valence-corrected chi connectivity index (χ3v) is 8.77. The Morgan fingerprint density at radius 2 is 1.22 bits per heavy atom. The lowest BCUT2D eigenvalue weighted by Crippen LogP contribution is -2.00. The first kappa shape index (κ1) is 25.6. The third-order valence-electron chi connectivity index (χ3n) is 8.77. The zero-order valence-corrected chi connectivity index (χ0v) is 24.4. The summed E-state index contributed by atoms with van der Waals surface area (Å²) in [6, 6.07) is 44.2. The van der Waals surface area contributed by atoms with E-state index in [2.05, 4.69) is 78.9 Å². The molecular weight excluding hydrogens is 550 g/mol. The maximum atomic E-state index is 6.20. The summed E-state index contributed by atoms with van der Waals surface area (Å²) >= 11 is 0. The number of rotatable bonds is 4. The van der Waals surface area contributed by atoms with Crippen molar-refractivity contribution in [2.75, 3.05) is 0 Å². The molecule has 0 saturated carbocycles. The summed E-state index contributed by atoms with van der Waals surface area (Å²) in [7, 11) is 0. The number of allylic oxidation sites excluding steroid dienone is 1. The van der Waals surface area contributed by atoms with Crippen LogP contribution in [0.15, 0.2) is 138 Å². The van der Waals surface area contributed by atoms with Gasteiger partial charge >= 0.3 is 0 Å². The van der Waals surface area contributed by atoms with E-state index in [4.69, 9.17) is 19.4 Å². The molecule has 0 amide bonds. The lowest BCUT2D eigenvalue weighted by Gasteiger charge is -2.13. The minimum absolute atomic E-state index is 0.618. The van der Waals surface area contributed by atoms with Crippen molar-refractivity contribution < 1.29 is 4.42 Å². The van der Waals surface area contributed by atoms with Crippen LogP contribution in [-0.2, 0) is 6.42 Å². The van der Waals surface area contributed by atoms with Crippen molar-refractivity contribution in [1.29, 1.82) is 0 Å². The molecule has 2 heterocycles. The van der Waals surface area contributed by atoms with E-state index in [1.165, 1.54) is 27.6 Å². The van der Waals surface area contributed by atoms with Crippen LogP contribution in [0.2, 0.25) is 0 Å². The molecule has 0 atom stereocenters. The average Bonchev–Trinajstić information content (AvgIpc) is 3.50. The molecular formula is C41H27N3O. The average molecular weight is 578 g/mol. The Kier molecular flexibility index (Phi) is 5.91. The van der Waals surface area contributed by atoms with Crippen molar-refractivity contribution in [3.63, 3.8) is 0 Å². The highest BCUT2D eigenvalue weighted by Gasteiger charge is 2.18. The molecule has 0 radical (unpaired) electrons. The van der Waals surface area contributed by atoms with Crippen LogP contribution >= 0.6 is 0 Å². The van der Waals surface area contributed by atoms with Gasteiger partial charge in [0.1, 0.15) is 11.2 Å². The number of hydrogen-bond donors (Lipinski definition) is 0. The molecule has 4 nitrogen and oxygen atoms in total. The number of benzene rings is 6. The van der Waals surface area contributed by atoms with E-state index >= 15 is 0 Å². The molecule has 0 spiro atoms. The van der Waals surface area contributed by atoms with Gasteiger partial charge in [-0.1, -0.05) is 109 Å². The fourth-order valence-corrected chi connectivity index (χ4v) is 6.47. The van der Waals surface area contributed by atoms with Crippen LogP contribution in [0.3, 0.4) is 0 Å². The number of para-hydroxylation sites is 1. The van der Waals surface area contributed by atoms with Crippen LogP contribution in [0.4, 0.5) is 0 Å². The highest BCUT2D eigenvalue weighted by Crippen LogP contribution is 2.37. The second-order valence-corrected chi connectivity index (χ2v) is 11.6. The van der Waals surface area contributed by atoms with Crippen LogP contribution < -0.4 is 0 Å². The quantitative estimate of drug-likeness (QED) is 0.209. The molecule has 0 unspecified atom stereocenters. The lowest BCUT2D eigenvalue weighted by molar-refractivity contribution is 0.669. The Morgan fingerprint density at radius 1 is 0.511 bits per heavy atom. The van der Waals surface area contributed by atoms with Crippen molar-refractivity contribution in [2.24, 2.45) is 0 Å². The second kappa shape index (κ2) is 10.4. The van der Waals surface area contributed by atoms with Crippen molar-refractivity contribution in [3.05, 3.63) is 145 Å². The summed E-state index contributed by atoms with van der Waals surface area (Å²) < 4.78 is 6.20. The smallest absolute Gasteiger partial charge is 0.164 e. The monoisotopic (exact) mass is 577 g/mol. The predicted molar refractivity (Wildman–Crippen MR) is 184 cm³/mol.